The number of rotatable bonds is 4. The van der Waals surface area contributed by atoms with Crippen LogP contribution in [0.1, 0.15) is 27.7 Å². The lowest BCUT2D eigenvalue weighted by Gasteiger charge is -2.19. The lowest BCUT2D eigenvalue weighted by molar-refractivity contribution is 0.558. The first-order valence-corrected chi connectivity index (χ1v) is 5.49. The van der Waals surface area contributed by atoms with E-state index in [2.05, 4.69) is 34.1 Å². The Morgan fingerprint density at radius 3 is 2.59 bits per heavy atom. The van der Waals surface area contributed by atoms with Crippen molar-refractivity contribution in [1.82, 2.24) is 9.97 Å². The smallest absolute Gasteiger partial charge is 0.186 e. The van der Waals surface area contributed by atoms with Crippen LogP contribution in [0.2, 0.25) is 0 Å². The summed E-state index contributed by atoms with van der Waals surface area (Å²) in [6.45, 7) is 7.41. The van der Waals surface area contributed by atoms with Gasteiger partial charge >= 0.3 is 0 Å². The zero-order valence-corrected chi connectivity index (χ0v) is 10.5. The van der Waals surface area contributed by atoms with E-state index in [-0.39, 0.29) is 17.5 Å². The minimum atomic E-state index is -0.577. The fourth-order valence-corrected chi connectivity index (χ4v) is 1.14. The Bertz CT molecular complexity index is 412. The van der Waals surface area contributed by atoms with Crippen molar-refractivity contribution in [3.63, 3.8) is 0 Å². The number of hydrogen-bond donors (Lipinski definition) is 2. The molecule has 0 saturated heterocycles. The second-order valence-electron chi connectivity index (χ2n) is 4.24. The normalized spacial score (nSPS) is 13.9. The predicted molar refractivity (Wildman–Crippen MR) is 68.2 cm³/mol. The summed E-state index contributed by atoms with van der Waals surface area (Å²) in [5.74, 6) is 0.451. The maximum atomic E-state index is 12.9. The van der Waals surface area contributed by atoms with E-state index in [4.69, 9.17) is 5.73 Å². The molecule has 1 heterocycles. The molecule has 1 aromatic rings. The molecule has 94 valence electrons. The van der Waals surface area contributed by atoms with E-state index in [9.17, 15) is 4.39 Å². The molecule has 0 aromatic carbocycles. The van der Waals surface area contributed by atoms with Crippen molar-refractivity contribution >= 4 is 23.3 Å². The summed E-state index contributed by atoms with van der Waals surface area (Å²) in [5.41, 5.74) is 5.91. The SMILES string of the molecule is CC(F)=Nc1c(N)ncnc1NC(C)C(C)C. The third kappa shape index (κ3) is 3.65. The fourth-order valence-electron chi connectivity index (χ4n) is 1.14. The summed E-state index contributed by atoms with van der Waals surface area (Å²) in [6.07, 6.45) is 1.33. The molecule has 1 atom stereocenters. The maximum absolute atomic E-state index is 12.9. The Kier molecular flexibility index (Phi) is 4.37. The predicted octanol–water partition coefficient (Wildman–Crippen LogP) is 2.53. The standard InChI is InChI=1S/C11H18FN5/c1-6(2)7(3)16-11-9(17-8(4)12)10(13)14-5-15-11/h5-7H,1-4H3,(H3,13,14,15,16). The monoisotopic (exact) mass is 239 g/mol. The van der Waals surface area contributed by atoms with Gasteiger partial charge in [-0.3, -0.25) is 0 Å². The Morgan fingerprint density at radius 1 is 1.41 bits per heavy atom. The quantitative estimate of drug-likeness (QED) is 0.791. The third-order valence-corrected chi connectivity index (χ3v) is 2.48. The van der Waals surface area contributed by atoms with Crippen LogP contribution in [-0.2, 0) is 0 Å². The molecule has 0 radical (unpaired) electrons. The van der Waals surface area contributed by atoms with Gasteiger partial charge in [0.2, 0.25) is 0 Å². The second-order valence-corrected chi connectivity index (χ2v) is 4.24. The highest BCUT2D eigenvalue weighted by Crippen LogP contribution is 2.28. The number of nitrogens with zero attached hydrogens (tertiary/aromatic N) is 3. The van der Waals surface area contributed by atoms with E-state index in [1.54, 1.807) is 0 Å². The first-order valence-electron chi connectivity index (χ1n) is 5.49. The Labute approximate surface area is 100 Å². The average molecular weight is 239 g/mol. The summed E-state index contributed by atoms with van der Waals surface area (Å²) < 4.78 is 12.9. The van der Waals surface area contributed by atoms with Crippen LogP contribution in [-0.4, -0.2) is 22.0 Å². The van der Waals surface area contributed by atoms with Gasteiger partial charge in [0, 0.05) is 13.0 Å². The van der Waals surface area contributed by atoms with Crippen molar-refractivity contribution in [1.29, 1.82) is 0 Å². The number of nitrogens with one attached hydrogen (secondary N) is 1. The van der Waals surface area contributed by atoms with Gasteiger partial charge in [-0.1, -0.05) is 13.8 Å². The van der Waals surface area contributed by atoms with E-state index >= 15 is 0 Å². The number of halogens is 1. The summed E-state index contributed by atoms with van der Waals surface area (Å²) in [4.78, 5) is 11.5. The van der Waals surface area contributed by atoms with Crippen LogP contribution in [0.15, 0.2) is 11.3 Å². The summed E-state index contributed by atoms with van der Waals surface area (Å²) in [7, 11) is 0. The molecule has 0 aliphatic rings. The van der Waals surface area contributed by atoms with Crippen molar-refractivity contribution in [2.45, 2.75) is 33.7 Å². The first-order chi connectivity index (χ1) is 7.91. The molecule has 1 rings (SSSR count). The highest BCUT2D eigenvalue weighted by Gasteiger charge is 2.13. The van der Waals surface area contributed by atoms with Crippen molar-refractivity contribution in [2.75, 3.05) is 11.1 Å². The topological polar surface area (TPSA) is 76.2 Å². The van der Waals surface area contributed by atoms with Crippen LogP contribution in [0.3, 0.4) is 0 Å². The van der Waals surface area contributed by atoms with Crippen molar-refractivity contribution in [2.24, 2.45) is 10.9 Å². The van der Waals surface area contributed by atoms with Crippen LogP contribution in [0.25, 0.3) is 0 Å². The fraction of sp³-hybridized carbons (Fsp3) is 0.545. The summed E-state index contributed by atoms with van der Waals surface area (Å²) in [5, 5.41) is 3.15. The maximum Gasteiger partial charge on any atom is 0.186 e. The van der Waals surface area contributed by atoms with Crippen LogP contribution in [0.5, 0.6) is 0 Å². The van der Waals surface area contributed by atoms with Gasteiger partial charge in [0.15, 0.2) is 23.3 Å². The molecule has 0 aliphatic heterocycles. The summed E-state index contributed by atoms with van der Waals surface area (Å²) in [6, 6.07) is 0.179. The van der Waals surface area contributed by atoms with Crippen LogP contribution in [0, 0.1) is 5.92 Å². The third-order valence-electron chi connectivity index (χ3n) is 2.48. The highest BCUT2D eigenvalue weighted by molar-refractivity contribution is 5.82. The molecular formula is C11H18FN5. The molecule has 5 nitrogen and oxygen atoms in total. The molecule has 1 aromatic heterocycles. The number of aromatic nitrogens is 2. The molecule has 0 fully saturated rings. The van der Waals surface area contributed by atoms with Crippen LogP contribution in [0.4, 0.5) is 21.7 Å². The van der Waals surface area contributed by atoms with Gasteiger partial charge in [-0.2, -0.15) is 4.39 Å². The van der Waals surface area contributed by atoms with Crippen LogP contribution >= 0.6 is 0 Å². The van der Waals surface area contributed by atoms with Crippen LogP contribution < -0.4 is 11.1 Å². The Morgan fingerprint density at radius 2 is 2.06 bits per heavy atom. The highest BCUT2D eigenvalue weighted by atomic mass is 19.1. The van der Waals surface area contributed by atoms with Crippen molar-refractivity contribution < 1.29 is 4.39 Å². The zero-order valence-electron chi connectivity index (χ0n) is 10.5. The largest absolute Gasteiger partial charge is 0.382 e. The number of nitrogens with two attached hydrogens (primary N) is 1. The summed E-state index contributed by atoms with van der Waals surface area (Å²) >= 11 is 0. The van der Waals surface area contributed by atoms with Gasteiger partial charge in [-0.25, -0.2) is 15.0 Å². The molecular weight excluding hydrogens is 221 g/mol. The molecule has 0 bridgehead atoms. The Balaban J connectivity index is 3.07. The van der Waals surface area contributed by atoms with Gasteiger partial charge in [-0.05, 0) is 12.8 Å². The van der Waals surface area contributed by atoms with Gasteiger partial charge in [0.25, 0.3) is 0 Å². The lowest BCUT2D eigenvalue weighted by Crippen LogP contribution is -2.22. The van der Waals surface area contributed by atoms with Gasteiger partial charge in [-0.15, -0.1) is 0 Å². The first kappa shape index (κ1) is 13.3. The Hall–Kier alpha value is -1.72. The van der Waals surface area contributed by atoms with E-state index in [1.165, 1.54) is 13.3 Å². The molecule has 6 heteroatoms. The van der Waals surface area contributed by atoms with Crippen molar-refractivity contribution in [3.8, 4) is 0 Å². The van der Waals surface area contributed by atoms with E-state index in [0.29, 0.717) is 11.7 Å². The van der Waals surface area contributed by atoms with E-state index < -0.39 is 5.97 Å². The number of nitrogen functional groups attached to an aromatic ring is 1. The minimum absolute atomic E-state index is 0.162. The molecule has 0 spiro atoms. The number of anilines is 2. The van der Waals surface area contributed by atoms with E-state index in [0.717, 1.165) is 0 Å². The van der Waals surface area contributed by atoms with Gasteiger partial charge in [0.05, 0.1) is 0 Å². The molecule has 3 N–H and O–H groups in total. The molecule has 17 heavy (non-hydrogen) atoms. The minimum Gasteiger partial charge on any atom is -0.382 e. The van der Waals surface area contributed by atoms with E-state index in [1.807, 2.05) is 6.92 Å². The number of aliphatic imine (C=N–C) groups is 1. The second kappa shape index (κ2) is 5.56. The van der Waals surface area contributed by atoms with Gasteiger partial charge < -0.3 is 11.1 Å². The molecule has 0 saturated carbocycles. The zero-order chi connectivity index (χ0) is 13.0. The van der Waals surface area contributed by atoms with Gasteiger partial charge in [0.1, 0.15) is 6.33 Å². The molecule has 0 amide bonds. The molecule has 1 unspecified atom stereocenters. The van der Waals surface area contributed by atoms with Crippen molar-refractivity contribution in [3.05, 3.63) is 6.33 Å². The average Bonchev–Trinajstić information content (AvgIpc) is 2.22. The number of hydrogen-bond acceptors (Lipinski definition) is 5. The molecule has 0 aliphatic carbocycles. The lowest BCUT2D eigenvalue weighted by atomic mass is 10.1.